The molecular formula is C12H15ClN2O4. The molecule has 0 fully saturated rings. The van der Waals surface area contributed by atoms with E-state index in [1.54, 1.807) is 24.3 Å². The van der Waals surface area contributed by atoms with Gasteiger partial charge in [-0.2, -0.15) is 0 Å². The topological polar surface area (TPSA) is 81.9 Å². The number of halogens is 1. The van der Waals surface area contributed by atoms with E-state index in [4.69, 9.17) is 26.9 Å². The number of hydrogen-bond acceptors (Lipinski definition) is 4. The molecule has 6 nitrogen and oxygen atoms in total. The van der Waals surface area contributed by atoms with E-state index < -0.39 is 18.1 Å². The summed E-state index contributed by atoms with van der Waals surface area (Å²) in [6, 6.07) is 6.95. The first kappa shape index (κ1) is 15.3. The monoisotopic (exact) mass is 286 g/mol. The van der Waals surface area contributed by atoms with E-state index in [1.807, 2.05) is 0 Å². The Morgan fingerprint density at radius 3 is 2.58 bits per heavy atom. The summed E-state index contributed by atoms with van der Waals surface area (Å²) in [5, 5.41) is 1.44. The van der Waals surface area contributed by atoms with Crippen LogP contribution in [0, 0.1) is 0 Å². The van der Waals surface area contributed by atoms with Crippen LogP contribution in [0.3, 0.4) is 0 Å². The molecule has 0 spiro atoms. The van der Waals surface area contributed by atoms with Gasteiger partial charge in [0, 0.05) is 18.5 Å². The highest BCUT2D eigenvalue weighted by molar-refractivity contribution is 6.31. The first-order valence-electron chi connectivity index (χ1n) is 5.47. The van der Waals surface area contributed by atoms with Crippen molar-refractivity contribution in [2.24, 2.45) is 5.73 Å². The molecule has 0 aliphatic carbocycles. The number of ether oxygens (including phenoxy) is 1. The molecule has 0 saturated carbocycles. The minimum absolute atomic E-state index is 0.120. The van der Waals surface area contributed by atoms with Crippen molar-refractivity contribution in [1.29, 1.82) is 0 Å². The highest BCUT2D eigenvalue weighted by Gasteiger charge is 2.26. The molecule has 0 aliphatic rings. The lowest BCUT2D eigenvalue weighted by Gasteiger charge is -2.21. The Balaban J connectivity index is 2.89. The number of likely N-dealkylation sites (N-methyl/N-ethyl adjacent to an activating group) is 1. The van der Waals surface area contributed by atoms with Crippen molar-refractivity contribution in [2.45, 2.75) is 12.5 Å². The van der Waals surface area contributed by atoms with E-state index in [2.05, 4.69) is 0 Å². The van der Waals surface area contributed by atoms with Crippen LogP contribution >= 0.6 is 11.6 Å². The number of hydroxylamine groups is 2. The number of nitrogens with two attached hydrogens (primary N) is 1. The van der Waals surface area contributed by atoms with E-state index in [1.165, 1.54) is 14.2 Å². The molecule has 0 radical (unpaired) electrons. The fourth-order valence-corrected chi connectivity index (χ4v) is 1.69. The molecule has 2 N–H and O–H groups in total. The first-order valence-corrected chi connectivity index (χ1v) is 5.84. The van der Waals surface area contributed by atoms with Gasteiger partial charge in [-0.15, -0.1) is 0 Å². The van der Waals surface area contributed by atoms with Crippen LogP contribution in [0.5, 0.6) is 0 Å². The van der Waals surface area contributed by atoms with Gasteiger partial charge in [0.2, 0.25) is 0 Å². The van der Waals surface area contributed by atoms with Crippen molar-refractivity contribution in [3.05, 3.63) is 34.9 Å². The normalized spacial score (nSPS) is 11.7. The molecule has 0 saturated heterocycles. The Morgan fingerprint density at radius 2 is 2.05 bits per heavy atom. The standard InChI is InChI=1S/C12H15ClN2O4/c1-15(18-2)11(16)10(19-12(14)17)7-8-5-3-4-6-9(8)13/h3-6,10H,7H2,1-2H3,(H2,14,17). The SMILES string of the molecule is CON(C)C(=O)C(Cc1ccccc1Cl)OC(N)=O. The number of carbonyl (C=O) groups excluding carboxylic acids is 2. The van der Waals surface area contributed by atoms with Gasteiger partial charge in [0.25, 0.3) is 5.91 Å². The molecule has 2 amide bonds. The van der Waals surface area contributed by atoms with Crippen molar-refractivity contribution >= 4 is 23.6 Å². The van der Waals surface area contributed by atoms with Gasteiger partial charge in [0.1, 0.15) is 0 Å². The van der Waals surface area contributed by atoms with Gasteiger partial charge < -0.3 is 10.5 Å². The number of amides is 2. The summed E-state index contributed by atoms with van der Waals surface area (Å²) in [4.78, 5) is 27.6. The number of primary amides is 1. The highest BCUT2D eigenvalue weighted by Crippen LogP contribution is 2.18. The molecule has 19 heavy (non-hydrogen) atoms. The maximum Gasteiger partial charge on any atom is 0.405 e. The van der Waals surface area contributed by atoms with Crippen LogP contribution in [-0.2, 0) is 20.8 Å². The largest absolute Gasteiger partial charge is 0.436 e. The smallest absolute Gasteiger partial charge is 0.405 e. The van der Waals surface area contributed by atoms with Crippen LogP contribution in [0.15, 0.2) is 24.3 Å². The van der Waals surface area contributed by atoms with Gasteiger partial charge in [-0.3, -0.25) is 9.63 Å². The predicted molar refractivity (Wildman–Crippen MR) is 69.4 cm³/mol. The fourth-order valence-electron chi connectivity index (χ4n) is 1.48. The Kier molecular flexibility index (Phi) is 5.59. The molecule has 1 aromatic carbocycles. The van der Waals surface area contributed by atoms with E-state index in [0.29, 0.717) is 10.6 Å². The zero-order valence-corrected chi connectivity index (χ0v) is 11.4. The lowest BCUT2D eigenvalue weighted by Crippen LogP contribution is -2.41. The molecule has 0 aromatic heterocycles. The summed E-state index contributed by atoms with van der Waals surface area (Å²) in [5.41, 5.74) is 5.63. The third kappa shape index (κ3) is 4.42. The van der Waals surface area contributed by atoms with Crippen LogP contribution in [0.2, 0.25) is 5.02 Å². The third-order valence-electron chi connectivity index (χ3n) is 2.48. The number of hydrogen-bond donors (Lipinski definition) is 1. The molecule has 7 heteroatoms. The summed E-state index contributed by atoms with van der Waals surface area (Å²) >= 11 is 6.00. The van der Waals surface area contributed by atoms with E-state index in [0.717, 1.165) is 5.06 Å². The van der Waals surface area contributed by atoms with E-state index in [9.17, 15) is 9.59 Å². The molecule has 1 unspecified atom stereocenters. The van der Waals surface area contributed by atoms with Crippen molar-refractivity contribution in [3.63, 3.8) is 0 Å². The zero-order valence-electron chi connectivity index (χ0n) is 10.6. The van der Waals surface area contributed by atoms with Gasteiger partial charge >= 0.3 is 6.09 Å². The quantitative estimate of drug-likeness (QED) is 0.829. The minimum Gasteiger partial charge on any atom is -0.436 e. The molecule has 0 heterocycles. The number of rotatable bonds is 5. The Morgan fingerprint density at radius 1 is 1.42 bits per heavy atom. The van der Waals surface area contributed by atoms with E-state index >= 15 is 0 Å². The van der Waals surface area contributed by atoms with Gasteiger partial charge in [0.15, 0.2) is 6.10 Å². The Bertz CT molecular complexity index is 467. The van der Waals surface area contributed by atoms with Gasteiger partial charge in [-0.1, -0.05) is 29.8 Å². The molecule has 1 atom stereocenters. The Hall–Kier alpha value is -1.79. The summed E-state index contributed by atoms with van der Waals surface area (Å²) in [5.74, 6) is -0.527. The predicted octanol–water partition coefficient (Wildman–Crippen LogP) is 1.37. The molecular weight excluding hydrogens is 272 g/mol. The summed E-state index contributed by atoms with van der Waals surface area (Å²) in [6.07, 6.45) is -1.99. The van der Waals surface area contributed by atoms with Crippen molar-refractivity contribution in [3.8, 4) is 0 Å². The first-order chi connectivity index (χ1) is 8.95. The third-order valence-corrected chi connectivity index (χ3v) is 2.85. The van der Waals surface area contributed by atoms with Gasteiger partial charge in [0.05, 0.1) is 7.11 Å². The number of benzene rings is 1. The maximum absolute atomic E-state index is 12.0. The highest BCUT2D eigenvalue weighted by atomic mass is 35.5. The maximum atomic E-state index is 12.0. The lowest BCUT2D eigenvalue weighted by molar-refractivity contribution is -0.177. The summed E-state index contributed by atoms with van der Waals surface area (Å²) in [7, 11) is 2.74. The van der Waals surface area contributed by atoms with E-state index in [-0.39, 0.29) is 6.42 Å². The average molecular weight is 287 g/mol. The zero-order chi connectivity index (χ0) is 14.4. The van der Waals surface area contributed by atoms with Crippen LogP contribution in [0.4, 0.5) is 4.79 Å². The summed E-state index contributed by atoms with van der Waals surface area (Å²) in [6.45, 7) is 0. The molecule has 104 valence electrons. The number of nitrogens with zero attached hydrogens (tertiary/aromatic N) is 1. The second-order valence-corrected chi connectivity index (χ2v) is 4.15. The van der Waals surface area contributed by atoms with Gasteiger partial charge in [-0.05, 0) is 11.6 Å². The van der Waals surface area contributed by atoms with Crippen molar-refractivity contribution in [1.82, 2.24) is 5.06 Å². The van der Waals surface area contributed by atoms with Crippen molar-refractivity contribution < 1.29 is 19.2 Å². The second kappa shape index (κ2) is 6.96. The van der Waals surface area contributed by atoms with Gasteiger partial charge in [-0.25, -0.2) is 9.86 Å². The summed E-state index contributed by atoms with van der Waals surface area (Å²) < 4.78 is 4.80. The number of carbonyl (C=O) groups is 2. The van der Waals surface area contributed by atoms with Crippen molar-refractivity contribution in [2.75, 3.05) is 14.2 Å². The second-order valence-electron chi connectivity index (χ2n) is 3.74. The Labute approximate surface area is 116 Å². The molecule has 1 aromatic rings. The lowest BCUT2D eigenvalue weighted by atomic mass is 10.1. The fraction of sp³-hybridized carbons (Fsp3) is 0.333. The average Bonchev–Trinajstić information content (AvgIpc) is 2.38. The van der Waals surface area contributed by atoms with Crippen LogP contribution < -0.4 is 5.73 Å². The molecule has 0 bridgehead atoms. The van der Waals surface area contributed by atoms with Crippen LogP contribution in [0.1, 0.15) is 5.56 Å². The van der Waals surface area contributed by atoms with Crippen LogP contribution in [0.25, 0.3) is 0 Å². The van der Waals surface area contributed by atoms with Crippen LogP contribution in [-0.4, -0.2) is 37.3 Å². The minimum atomic E-state index is -1.08. The molecule has 0 aliphatic heterocycles. The molecule has 1 rings (SSSR count).